The van der Waals surface area contributed by atoms with Crippen molar-refractivity contribution in [3.8, 4) is 0 Å². The number of phosphoric acid groups is 1. The van der Waals surface area contributed by atoms with E-state index < -0.39 is 13.9 Å². The summed E-state index contributed by atoms with van der Waals surface area (Å²) >= 11 is 0. The van der Waals surface area contributed by atoms with E-state index in [1.54, 1.807) is 0 Å². The molecule has 2 atom stereocenters. The second-order valence-corrected chi connectivity index (χ2v) is 21.0. The Labute approximate surface area is 380 Å². The maximum atomic E-state index is 12.7. The number of likely N-dealkylation sites (N-methyl/N-ethyl adjacent to an activating group) is 1. The topological polar surface area (TPSA) is 94.1 Å². The summed E-state index contributed by atoms with van der Waals surface area (Å²) in [5.74, 6) is -0.325. The normalized spacial score (nSPS) is 13.5. The molecule has 0 saturated carbocycles. The van der Waals surface area contributed by atoms with E-state index in [-0.39, 0.29) is 25.8 Å². The molecular formula is C52H106NO7P. The van der Waals surface area contributed by atoms with E-state index >= 15 is 0 Å². The van der Waals surface area contributed by atoms with E-state index in [4.69, 9.17) is 18.5 Å². The molecule has 0 aliphatic carbocycles. The highest BCUT2D eigenvalue weighted by atomic mass is 31.2. The van der Waals surface area contributed by atoms with Crippen molar-refractivity contribution in [2.24, 2.45) is 0 Å². The average Bonchev–Trinajstić information content (AvgIpc) is 3.22. The van der Waals surface area contributed by atoms with Gasteiger partial charge in [-0.15, -0.1) is 0 Å². The van der Waals surface area contributed by atoms with Gasteiger partial charge in [0, 0.05) is 13.0 Å². The second-order valence-electron chi connectivity index (χ2n) is 19.6. The highest BCUT2D eigenvalue weighted by Gasteiger charge is 2.20. The van der Waals surface area contributed by atoms with E-state index in [0.717, 1.165) is 32.1 Å². The molecule has 0 fully saturated rings. The van der Waals surface area contributed by atoms with Gasteiger partial charge in [-0.3, -0.25) is 9.36 Å². The van der Waals surface area contributed by atoms with Crippen molar-refractivity contribution >= 4 is 13.8 Å². The van der Waals surface area contributed by atoms with E-state index in [1.165, 1.54) is 218 Å². The number of ether oxygens (including phenoxy) is 2. The van der Waals surface area contributed by atoms with E-state index in [0.29, 0.717) is 24.1 Å². The maximum Gasteiger partial charge on any atom is 0.306 e. The zero-order valence-corrected chi connectivity index (χ0v) is 42.5. The lowest BCUT2D eigenvalue weighted by molar-refractivity contribution is -0.870. The molecule has 0 aliphatic heterocycles. The summed E-state index contributed by atoms with van der Waals surface area (Å²) in [6.45, 7) is 5.49. The van der Waals surface area contributed by atoms with Crippen molar-refractivity contribution in [2.45, 2.75) is 277 Å². The van der Waals surface area contributed by atoms with Crippen LogP contribution in [0.4, 0.5) is 0 Å². The van der Waals surface area contributed by atoms with Crippen LogP contribution in [0.15, 0.2) is 0 Å². The number of phosphoric ester groups is 1. The molecule has 0 spiro atoms. The molecule has 0 radical (unpaired) electrons. The van der Waals surface area contributed by atoms with Crippen molar-refractivity contribution < 1.29 is 37.3 Å². The summed E-state index contributed by atoms with van der Waals surface area (Å²) in [4.78, 5) is 25.2. The number of quaternary nitrogens is 1. The van der Waals surface area contributed by atoms with Crippen molar-refractivity contribution in [3.05, 3.63) is 0 Å². The van der Waals surface area contributed by atoms with Gasteiger partial charge in [0.2, 0.25) is 0 Å². The van der Waals surface area contributed by atoms with Gasteiger partial charge in [-0.1, -0.05) is 251 Å². The number of nitrogens with zero attached hydrogens (tertiary/aromatic N) is 1. The Kier molecular flexibility index (Phi) is 45.7. The minimum atomic E-state index is -4.52. The fourth-order valence-corrected chi connectivity index (χ4v) is 8.75. The Morgan fingerprint density at radius 3 is 1.08 bits per heavy atom. The Balaban J connectivity index is 3.99. The molecule has 366 valence electrons. The zero-order chi connectivity index (χ0) is 44.8. The van der Waals surface area contributed by atoms with Crippen LogP contribution in [-0.4, -0.2) is 70.7 Å². The number of unbranched alkanes of at least 4 members (excludes halogenated alkanes) is 37. The van der Waals surface area contributed by atoms with E-state index in [1.807, 2.05) is 21.1 Å². The third-order valence-electron chi connectivity index (χ3n) is 12.2. The number of carbonyl (C=O) groups excluding carboxylic acids is 1. The highest BCUT2D eigenvalue weighted by Crippen LogP contribution is 2.38. The number of esters is 1. The summed E-state index contributed by atoms with van der Waals surface area (Å²) in [6.07, 6.45) is 51.3. The summed E-state index contributed by atoms with van der Waals surface area (Å²) in [6, 6.07) is 0. The lowest BCUT2D eigenvalue weighted by Crippen LogP contribution is -2.37. The second kappa shape index (κ2) is 46.0. The number of carbonyl (C=O) groups is 1. The Bertz CT molecular complexity index is 945. The molecule has 0 bridgehead atoms. The maximum absolute atomic E-state index is 12.7. The van der Waals surface area contributed by atoms with Crippen LogP contribution in [0.3, 0.4) is 0 Å². The third kappa shape index (κ3) is 50.4. The first-order chi connectivity index (χ1) is 29.6. The van der Waals surface area contributed by atoms with Crippen molar-refractivity contribution in [3.63, 3.8) is 0 Å². The van der Waals surface area contributed by atoms with E-state index in [2.05, 4.69) is 13.8 Å². The van der Waals surface area contributed by atoms with Crippen LogP contribution in [0.2, 0.25) is 0 Å². The molecule has 0 rings (SSSR count). The Morgan fingerprint density at radius 2 is 0.754 bits per heavy atom. The number of rotatable bonds is 51. The summed E-state index contributed by atoms with van der Waals surface area (Å²) in [7, 11) is 1.38. The van der Waals surface area contributed by atoms with Crippen LogP contribution in [0.1, 0.15) is 271 Å². The lowest BCUT2D eigenvalue weighted by atomic mass is 10.0. The van der Waals surface area contributed by atoms with Crippen LogP contribution in [0.25, 0.3) is 0 Å². The van der Waals surface area contributed by atoms with Gasteiger partial charge < -0.3 is 27.9 Å². The van der Waals surface area contributed by atoms with Crippen molar-refractivity contribution in [1.29, 1.82) is 0 Å². The predicted molar refractivity (Wildman–Crippen MR) is 259 cm³/mol. The third-order valence-corrected chi connectivity index (χ3v) is 13.1. The van der Waals surface area contributed by atoms with Crippen LogP contribution in [0, 0.1) is 0 Å². The lowest BCUT2D eigenvalue weighted by Gasteiger charge is -2.28. The van der Waals surface area contributed by atoms with Crippen molar-refractivity contribution in [1.82, 2.24) is 0 Å². The highest BCUT2D eigenvalue weighted by molar-refractivity contribution is 7.45. The van der Waals surface area contributed by atoms with Gasteiger partial charge in [-0.25, -0.2) is 0 Å². The molecule has 0 N–H and O–H groups in total. The zero-order valence-electron chi connectivity index (χ0n) is 41.6. The molecule has 0 saturated heterocycles. The van der Waals surface area contributed by atoms with Gasteiger partial charge in [0.25, 0.3) is 7.82 Å². The fraction of sp³-hybridized carbons (Fsp3) is 0.981. The largest absolute Gasteiger partial charge is 0.756 e. The van der Waals surface area contributed by atoms with Crippen molar-refractivity contribution in [2.75, 3.05) is 54.1 Å². The van der Waals surface area contributed by atoms with Crippen LogP contribution in [-0.2, 0) is 27.9 Å². The molecule has 0 aromatic rings. The first-order valence-electron chi connectivity index (χ1n) is 26.8. The summed E-state index contributed by atoms with van der Waals surface area (Å²) < 4.78 is 34.8. The SMILES string of the molecule is CCCCCCCCCCCCCCCCCCCCCCCCCCCC(=O)OC(COCCCCCCCCCCCCCCCC)COP(=O)([O-])OCC[N+](C)(C)C. The van der Waals surface area contributed by atoms with Gasteiger partial charge in [-0.05, 0) is 12.8 Å². The monoisotopic (exact) mass is 888 g/mol. The van der Waals surface area contributed by atoms with Gasteiger partial charge >= 0.3 is 5.97 Å². The fourth-order valence-electron chi connectivity index (χ4n) is 8.02. The molecule has 0 aromatic carbocycles. The predicted octanol–water partition coefficient (Wildman–Crippen LogP) is 15.8. The molecule has 61 heavy (non-hydrogen) atoms. The number of hydrogen-bond acceptors (Lipinski definition) is 7. The molecule has 0 amide bonds. The van der Waals surface area contributed by atoms with E-state index in [9.17, 15) is 14.3 Å². The molecular weight excluding hydrogens is 782 g/mol. The molecule has 9 heteroatoms. The molecule has 8 nitrogen and oxygen atoms in total. The van der Waals surface area contributed by atoms with Gasteiger partial charge in [0.15, 0.2) is 0 Å². The van der Waals surface area contributed by atoms with Gasteiger partial charge in [-0.2, -0.15) is 0 Å². The minimum Gasteiger partial charge on any atom is -0.756 e. The molecule has 0 aromatic heterocycles. The smallest absolute Gasteiger partial charge is 0.306 e. The van der Waals surface area contributed by atoms with Gasteiger partial charge in [0.05, 0.1) is 34.4 Å². The summed E-state index contributed by atoms with van der Waals surface area (Å²) in [5, 5.41) is 0. The van der Waals surface area contributed by atoms with Gasteiger partial charge in [0.1, 0.15) is 19.3 Å². The first-order valence-corrected chi connectivity index (χ1v) is 28.2. The van der Waals surface area contributed by atoms with Crippen LogP contribution in [0.5, 0.6) is 0 Å². The minimum absolute atomic E-state index is 0.0317. The van der Waals surface area contributed by atoms with Crippen LogP contribution < -0.4 is 4.89 Å². The number of hydrogen-bond donors (Lipinski definition) is 0. The summed E-state index contributed by atoms with van der Waals surface area (Å²) in [5.41, 5.74) is 0. The quantitative estimate of drug-likeness (QED) is 0.0260. The average molecular weight is 888 g/mol. The Morgan fingerprint density at radius 1 is 0.443 bits per heavy atom. The molecule has 0 heterocycles. The molecule has 0 aliphatic rings. The Hall–Kier alpha value is -0.500. The van der Waals surface area contributed by atoms with Crippen LogP contribution >= 0.6 is 7.82 Å². The molecule has 2 unspecified atom stereocenters. The standard InChI is InChI=1S/C52H106NO7P/c1-6-8-10-12-14-16-18-20-22-23-24-25-26-27-28-29-30-31-32-33-35-37-39-41-43-45-52(54)60-51(50-59-61(55,56)58-48-46-53(3,4)5)49-57-47-44-42-40-38-36-34-21-19-17-15-13-11-9-7-2/h51H,6-50H2,1-5H3. The first kappa shape index (κ1) is 60.5.